The first-order valence-electron chi connectivity index (χ1n) is 6.96. The lowest BCUT2D eigenvalue weighted by atomic mass is 10.1. The van der Waals surface area contributed by atoms with Crippen LogP contribution in [0.4, 0.5) is 0 Å². The van der Waals surface area contributed by atoms with E-state index in [1.807, 2.05) is 18.2 Å². The molecule has 1 N–H and O–H groups in total. The minimum atomic E-state index is 0.125. The highest BCUT2D eigenvalue weighted by molar-refractivity contribution is 5.97. The van der Waals surface area contributed by atoms with Crippen LogP contribution in [0.15, 0.2) is 24.3 Å². The van der Waals surface area contributed by atoms with E-state index in [1.54, 1.807) is 13.2 Å². The summed E-state index contributed by atoms with van der Waals surface area (Å²) in [5.41, 5.74) is 0.696. The minimum absolute atomic E-state index is 0.125. The van der Waals surface area contributed by atoms with Gasteiger partial charge in [-0.1, -0.05) is 12.1 Å². The van der Waals surface area contributed by atoms with Crippen molar-refractivity contribution in [2.45, 2.75) is 0 Å². The number of carbonyl (C=O) groups excluding carboxylic acids is 1. The molecule has 1 saturated heterocycles. The first-order chi connectivity index (χ1) is 9.72. The van der Waals surface area contributed by atoms with Crippen LogP contribution < -0.4 is 4.74 Å². The van der Waals surface area contributed by atoms with Crippen LogP contribution in [-0.2, 0) is 0 Å². The van der Waals surface area contributed by atoms with Gasteiger partial charge in [0.2, 0.25) is 0 Å². The molecular formula is C15H22N2O3. The third-order valence-electron chi connectivity index (χ3n) is 3.64. The van der Waals surface area contributed by atoms with Crippen LogP contribution in [0.1, 0.15) is 10.4 Å². The summed E-state index contributed by atoms with van der Waals surface area (Å²) in [4.78, 5) is 16.6. The molecule has 1 aromatic carbocycles. The molecule has 0 unspecified atom stereocenters. The summed E-state index contributed by atoms with van der Waals surface area (Å²) in [5.74, 6) is 0.836. The molecule has 1 aliphatic heterocycles. The van der Waals surface area contributed by atoms with E-state index in [-0.39, 0.29) is 12.4 Å². The molecule has 1 aromatic rings. The zero-order chi connectivity index (χ0) is 14.4. The van der Waals surface area contributed by atoms with Gasteiger partial charge in [0.1, 0.15) is 5.75 Å². The summed E-state index contributed by atoms with van der Waals surface area (Å²) in [6, 6.07) is 7.28. The Morgan fingerprint density at radius 3 is 2.60 bits per heavy atom. The van der Waals surface area contributed by atoms with Gasteiger partial charge < -0.3 is 9.84 Å². The normalized spacial score (nSPS) is 17.1. The maximum absolute atomic E-state index is 12.2. The fourth-order valence-corrected chi connectivity index (χ4v) is 2.40. The molecule has 1 fully saturated rings. The lowest BCUT2D eigenvalue weighted by molar-refractivity contribution is 0.0822. The number of Topliss-reactive ketones (excluding diaryl/α,β-unsaturated/α-hetero) is 1. The highest BCUT2D eigenvalue weighted by atomic mass is 16.5. The molecule has 0 bridgehead atoms. The van der Waals surface area contributed by atoms with Gasteiger partial charge >= 0.3 is 0 Å². The number of ether oxygens (including phenoxy) is 1. The first kappa shape index (κ1) is 15.0. The molecule has 0 saturated carbocycles. The van der Waals surface area contributed by atoms with Crippen molar-refractivity contribution in [3.8, 4) is 5.75 Å². The minimum Gasteiger partial charge on any atom is -0.497 e. The molecule has 0 atom stereocenters. The van der Waals surface area contributed by atoms with Gasteiger partial charge in [0, 0.05) is 38.3 Å². The molecule has 0 radical (unpaired) electrons. The van der Waals surface area contributed by atoms with E-state index in [9.17, 15) is 4.79 Å². The van der Waals surface area contributed by atoms with Gasteiger partial charge in [0.05, 0.1) is 20.3 Å². The second-order valence-electron chi connectivity index (χ2n) is 5.00. The van der Waals surface area contributed by atoms with E-state index in [1.165, 1.54) is 0 Å². The molecule has 5 nitrogen and oxygen atoms in total. The Labute approximate surface area is 119 Å². The molecule has 1 aliphatic rings. The average Bonchev–Trinajstić information content (AvgIpc) is 2.49. The van der Waals surface area contributed by atoms with Crippen molar-refractivity contribution >= 4 is 5.78 Å². The summed E-state index contributed by atoms with van der Waals surface area (Å²) < 4.78 is 5.14. The first-order valence-corrected chi connectivity index (χ1v) is 6.96. The third-order valence-corrected chi connectivity index (χ3v) is 3.64. The van der Waals surface area contributed by atoms with E-state index in [4.69, 9.17) is 9.84 Å². The molecule has 5 heteroatoms. The monoisotopic (exact) mass is 278 g/mol. The van der Waals surface area contributed by atoms with E-state index in [0.717, 1.165) is 32.7 Å². The second-order valence-corrected chi connectivity index (χ2v) is 5.00. The molecule has 0 aromatic heterocycles. The molecule has 2 rings (SSSR count). The van der Waals surface area contributed by atoms with Crippen molar-refractivity contribution < 1.29 is 14.6 Å². The van der Waals surface area contributed by atoms with E-state index in [0.29, 0.717) is 17.9 Å². The van der Waals surface area contributed by atoms with Crippen LogP contribution in [0, 0.1) is 0 Å². The standard InChI is InChI=1S/C15H22N2O3/c1-20-14-4-2-3-13(11-14)15(19)12-17-7-5-16(6-8-17)9-10-18/h2-4,11,18H,5-10,12H2,1H3. The number of methoxy groups -OCH3 is 1. The Kier molecular flexibility index (Phi) is 5.52. The Hall–Kier alpha value is -1.43. The Balaban J connectivity index is 1.86. The fourth-order valence-electron chi connectivity index (χ4n) is 2.40. The maximum Gasteiger partial charge on any atom is 0.176 e. The zero-order valence-electron chi connectivity index (χ0n) is 11.9. The van der Waals surface area contributed by atoms with Crippen molar-refractivity contribution in [2.24, 2.45) is 0 Å². The summed E-state index contributed by atoms with van der Waals surface area (Å²) >= 11 is 0. The van der Waals surface area contributed by atoms with E-state index < -0.39 is 0 Å². The molecule has 1 heterocycles. The molecule has 0 aliphatic carbocycles. The number of nitrogens with zero attached hydrogens (tertiary/aromatic N) is 2. The number of aliphatic hydroxyl groups excluding tert-OH is 1. The number of hydrogen-bond acceptors (Lipinski definition) is 5. The number of carbonyl (C=O) groups is 1. The van der Waals surface area contributed by atoms with Crippen LogP contribution in [0.5, 0.6) is 5.75 Å². The molecular weight excluding hydrogens is 256 g/mol. The number of benzene rings is 1. The summed E-state index contributed by atoms with van der Waals surface area (Å²) in [5, 5.41) is 8.91. The SMILES string of the molecule is COc1cccc(C(=O)CN2CCN(CCO)CC2)c1. The van der Waals surface area contributed by atoms with Crippen molar-refractivity contribution in [3.05, 3.63) is 29.8 Å². The maximum atomic E-state index is 12.2. The van der Waals surface area contributed by atoms with Crippen LogP contribution in [0.25, 0.3) is 0 Å². The number of piperazine rings is 1. The third kappa shape index (κ3) is 4.03. The second kappa shape index (κ2) is 7.38. The highest BCUT2D eigenvalue weighted by Gasteiger charge is 2.19. The van der Waals surface area contributed by atoms with Crippen LogP contribution in [-0.4, -0.2) is 73.7 Å². The topological polar surface area (TPSA) is 53.0 Å². The van der Waals surface area contributed by atoms with E-state index >= 15 is 0 Å². The Bertz CT molecular complexity index is 442. The Morgan fingerprint density at radius 2 is 1.95 bits per heavy atom. The van der Waals surface area contributed by atoms with Crippen LogP contribution >= 0.6 is 0 Å². The lowest BCUT2D eigenvalue weighted by Crippen LogP contribution is -2.48. The summed E-state index contributed by atoms with van der Waals surface area (Å²) in [6.45, 7) is 4.92. The summed E-state index contributed by atoms with van der Waals surface area (Å²) in [6.07, 6.45) is 0. The molecule has 20 heavy (non-hydrogen) atoms. The van der Waals surface area contributed by atoms with Crippen molar-refractivity contribution in [2.75, 3.05) is 53.0 Å². The lowest BCUT2D eigenvalue weighted by Gasteiger charge is -2.33. The van der Waals surface area contributed by atoms with Crippen LogP contribution in [0.2, 0.25) is 0 Å². The van der Waals surface area contributed by atoms with Gasteiger partial charge in [-0.25, -0.2) is 0 Å². The Morgan fingerprint density at radius 1 is 1.25 bits per heavy atom. The predicted molar refractivity (Wildman–Crippen MR) is 77.3 cm³/mol. The van der Waals surface area contributed by atoms with Gasteiger partial charge in [-0.05, 0) is 12.1 Å². The van der Waals surface area contributed by atoms with Gasteiger partial charge in [-0.3, -0.25) is 14.6 Å². The smallest absolute Gasteiger partial charge is 0.176 e. The molecule has 110 valence electrons. The van der Waals surface area contributed by atoms with Gasteiger partial charge in [0.15, 0.2) is 5.78 Å². The average molecular weight is 278 g/mol. The number of aliphatic hydroxyl groups is 1. The van der Waals surface area contributed by atoms with Crippen molar-refractivity contribution in [1.29, 1.82) is 0 Å². The largest absolute Gasteiger partial charge is 0.497 e. The quantitative estimate of drug-likeness (QED) is 0.768. The van der Waals surface area contributed by atoms with Gasteiger partial charge in [-0.2, -0.15) is 0 Å². The van der Waals surface area contributed by atoms with Crippen LogP contribution in [0.3, 0.4) is 0 Å². The number of rotatable bonds is 6. The van der Waals surface area contributed by atoms with Gasteiger partial charge in [0.25, 0.3) is 0 Å². The summed E-state index contributed by atoms with van der Waals surface area (Å²) in [7, 11) is 1.60. The zero-order valence-corrected chi connectivity index (χ0v) is 11.9. The van der Waals surface area contributed by atoms with E-state index in [2.05, 4.69) is 9.80 Å². The number of hydrogen-bond donors (Lipinski definition) is 1. The number of β-amino-alcohol motifs (C(OH)–C–C–N with tert-alkyl or cyclic N) is 1. The number of ketones is 1. The van der Waals surface area contributed by atoms with Crippen molar-refractivity contribution in [3.63, 3.8) is 0 Å². The predicted octanol–water partition coefficient (Wildman–Crippen LogP) is 0.488. The molecule has 0 spiro atoms. The van der Waals surface area contributed by atoms with Gasteiger partial charge in [-0.15, -0.1) is 0 Å². The highest BCUT2D eigenvalue weighted by Crippen LogP contribution is 2.13. The fraction of sp³-hybridized carbons (Fsp3) is 0.533. The van der Waals surface area contributed by atoms with Crippen molar-refractivity contribution in [1.82, 2.24) is 9.80 Å². The molecule has 0 amide bonds.